The number of halogens is 5. The molecule has 2 heterocycles. The van der Waals surface area contributed by atoms with Crippen LogP contribution >= 0.6 is 7.60 Å². The third-order valence-corrected chi connectivity index (χ3v) is 8.94. The molecule has 0 spiro atoms. The Morgan fingerprint density at radius 2 is 1.74 bits per heavy atom. The maximum Gasteiger partial charge on any atom is 0.417 e. The van der Waals surface area contributed by atoms with Crippen LogP contribution in [-0.2, 0) is 26.3 Å². The minimum absolute atomic E-state index is 0.00563. The number of aromatic nitrogens is 3. The standard InChI is InChI=1S/C33H29F5N3O4P/c1-3-44-46(42,45-4-2)18-6-17-43-24-13-14-25(27(19-24)33(36,37)38)23-11-9-22(10-12-23)20-41-16-15-29-30(21-41)40-32(39-29)26-7-5-8-28(34)31(26)35/h3,5,7-16,19,21H,1,4,6,17-18,20H2,2H3. The van der Waals surface area contributed by atoms with Gasteiger partial charge in [0.15, 0.2) is 17.5 Å². The molecule has 240 valence electrons. The summed E-state index contributed by atoms with van der Waals surface area (Å²) in [6.07, 6.45) is 0.0945. The largest absolute Gasteiger partial charge is 0.494 e. The van der Waals surface area contributed by atoms with E-state index in [1.165, 1.54) is 24.3 Å². The van der Waals surface area contributed by atoms with Gasteiger partial charge in [-0.3, -0.25) is 0 Å². The molecule has 5 rings (SSSR count). The van der Waals surface area contributed by atoms with E-state index < -0.39 is 31.0 Å². The molecule has 1 unspecified atom stereocenters. The van der Waals surface area contributed by atoms with Crippen LogP contribution < -0.4 is 4.74 Å². The SMILES string of the molecule is C=COP(=O)(CCCOc1ccc(-c2ccc(Cn3ccc4nc(-c5cccc(F)c5F)nc-4c3)cc2)c(C(F)(F)F)c1)OCC. The number of alkyl halides is 3. The van der Waals surface area contributed by atoms with Crippen molar-refractivity contribution in [3.8, 4) is 39.7 Å². The molecule has 0 bridgehead atoms. The number of fused-ring (bicyclic) bond motifs is 1. The monoisotopic (exact) mass is 657 g/mol. The first kappa shape index (κ1) is 32.8. The summed E-state index contributed by atoms with van der Waals surface area (Å²) in [4.78, 5) is 8.65. The first-order valence-corrected chi connectivity index (χ1v) is 16.0. The van der Waals surface area contributed by atoms with Gasteiger partial charge >= 0.3 is 13.8 Å². The number of hydrogen-bond donors (Lipinski definition) is 0. The Hall–Kier alpha value is -4.54. The van der Waals surface area contributed by atoms with Crippen molar-refractivity contribution in [2.45, 2.75) is 26.1 Å². The number of hydrogen-bond acceptors (Lipinski definition) is 6. The van der Waals surface area contributed by atoms with Gasteiger partial charge in [0.1, 0.15) is 11.4 Å². The van der Waals surface area contributed by atoms with Crippen LogP contribution in [0.25, 0.3) is 33.9 Å². The minimum atomic E-state index is -4.64. The van der Waals surface area contributed by atoms with Crippen LogP contribution in [0.5, 0.6) is 5.75 Å². The summed E-state index contributed by atoms with van der Waals surface area (Å²) in [6.45, 7) is 5.60. The van der Waals surface area contributed by atoms with E-state index in [-0.39, 0.29) is 48.5 Å². The van der Waals surface area contributed by atoms with Crippen molar-refractivity contribution in [1.29, 1.82) is 0 Å². The Balaban J connectivity index is 1.28. The molecule has 7 nitrogen and oxygen atoms in total. The lowest BCUT2D eigenvalue weighted by molar-refractivity contribution is -0.137. The first-order chi connectivity index (χ1) is 22.0. The normalized spacial score (nSPS) is 13.0. The highest BCUT2D eigenvalue weighted by molar-refractivity contribution is 7.53. The molecule has 13 heteroatoms. The summed E-state index contributed by atoms with van der Waals surface area (Å²) in [5.41, 5.74) is 1.25. The van der Waals surface area contributed by atoms with Crippen LogP contribution in [-0.4, -0.2) is 33.9 Å². The Morgan fingerprint density at radius 1 is 0.978 bits per heavy atom. The van der Waals surface area contributed by atoms with Crippen molar-refractivity contribution >= 4 is 7.60 Å². The fraction of sp³-hybridized carbons (Fsp3) is 0.212. The van der Waals surface area contributed by atoms with Gasteiger partial charge in [0, 0.05) is 18.9 Å². The van der Waals surface area contributed by atoms with Gasteiger partial charge in [-0.25, -0.2) is 23.3 Å². The molecule has 1 atom stereocenters. The van der Waals surface area contributed by atoms with E-state index in [0.717, 1.165) is 24.0 Å². The highest BCUT2D eigenvalue weighted by Crippen LogP contribution is 2.48. The Kier molecular flexibility index (Phi) is 9.88. The van der Waals surface area contributed by atoms with Crippen LogP contribution in [0.15, 0.2) is 92.0 Å². The van der Waals surface area contributed by atoms with Gasteiger partial charge in [-0.05, 0) is 60.4 Å². The van der Waals surface area contributed by atoms with Crippen molar-refractivity contribution in [1.82, 2.24) is 14.5 Å². The van der Waals surface area contributed by atoms with E-state index in [1.807, 2.05) is 4.57 Å². The summed E-state index contributed by atoms with van der Waals surface area (Å²) in [5.74, 6) is -1.93. The van der Waals surface area contributed by atoms with E-state index in [9.17, 15) is 26.5 Å². The fourth-order valence-corrected chi connectivity index (χ4v) is 6.29. The molecular formula is C33H29F5N3O4P. The molecule has 2 aliphatic heterocycles. The first-order valence-electron chi connectivity index (χ1n) is 14.2. The van der Waals surface area contributed by atoms with Crippen LogP contribution in [0, 0.1) is 11.6 Å². The van der Waals surface area contributed by atoms with Crippen molar-refractivity contribution in [3.63, 3.8) is 0 Å². The Labute approximate surface area is 262 Å². The predicted molar refractivity (Wildman–Crippen MR) is 163 cm³/mol. The second-order valence-electron chi connectivity index (χ2n) is 10.2. The second kappa shape index (κ2) is 13.8. The zero-order valence-corrected chi connectivity index (χ0v) is 25.5. The van der Waals surface area contributed by atoms with Gasteiger partial charge in [0.25, 0.3) is 0 Å². The number of benzene rings is 3. The van der Waals surface area contributed by atoms with E-state index in [2.05, 4.69) is 16.5 Å². The summed E-state index contributed by atoms with van der Waals surface area (Å²) in [6, 6.07) is 15.9. The van der Waals surface area contributed by atoms with Crippen molar-refractivity contribution in [2.24, 2.45) is 0 Å². The molecule has 0 aliphatic carbocycles. The van der Waals surface area contributed by atoms with E-state index in [1.54, 1.807) is 49.6 Å². The molecule has 0 saturated carbocycles. The molecule has 3 aromatic carbocycles. The topological polar surface area (TPSA) is 75.5 Å². The average molecular weight is 658 g/mol. The van der Waals surface area contributed by atoms with Gasteiger partial charge in [-0.1, -0.05) is 43.0 Å². The van der Waals surface area contributed by atoms with Crippen molar-refractivity contribution in [3.05, 3.63) is 115 Å². The van der Waals surface area contributed by atoms with Crippen LogP contribution in [0.3, 0.4) is 0 Å². The molecule has 2 aliphatic rings. The average Bonchev–Trinajstić information content (AvgIpc) is 3.44. The summed E-state index contributed by atoms with van der Waals surface area (Å²) in [5, 5.41) is 0. The molecule has 0 amide bonds. The second-order valence-corrected chi connectivity index (χ2v) is 12.3. The molecule has 0 radical (unpaired) electrons. The lowest BCUT2D eigenvalue weighted by Gasteiger charge is -2.17. The number of nitrogens with zero attached hydrogens (tertiary/aromatic N) is 3. The Bertz CT molecular complexity index is 1840. The van der Waals surface area contributed by atoms with E-state index in [0.29, 0.717) is 23.5 Å². The maximum absolute atomic E-state index is 14.2. The van der Waals surface area contributed by atoms with Crippen LogP contribution in [0.1, 0.15) is 24.5 Å². The van der Waals surface area contributed by atoms with Gasteiger partial charge in [0.05, 0.1) is 42.5 Å². The fourth-order valence-electron chi connectivity index (χ4n) is 4.85. The zero-order valence-electron chi connectivity index (χ0n) is 24.6. The van der Waals surface area contributed by atoms with E-state index in [4.69, 9.17) is 13.8 Å². The summed E-state index contributed by atoms with van der Waals surface area (Å²) in [7, 11) is -3.39. The summed E-state index contributed by atoms with van der Waals surface area (Å²) >= 11 is 0. The number of pyridine rings is 1. The third-order valence-electron chi connectivity index (χ3n) is 6.95. The number of ether oxygens (including phenoxy) is 1. The lowest BCUT2D eigenvalue weighted by Crippen LogP contribution is -2.09. The quantitative estimate of drug-likeness (QED) is 0.0544. The van der Waals surface area contributed by atoms with Gasteiger partial charge in [0.2, 0.25) is 0 Å². The predicted octanol–water partition coefficient (Wildman–Crippen LogP) is 9.22. The lowest BCUT2D eigenvalue weighted by atomic mass is 9.98. The van der Waals surface area contributed by atoms with Gasteiger partial charge < -0.3 is 18.4 Å². The van der Waals surface area contributed by atoms with E-state index >= 15 is 0 Å². The molecule has 0 N–H and O–H groups in total. The molecule has 0 saturated heterocycles. The minimum Gasteiger partial charge on any atom is -0.494 e. The van der Waals surface area contributed by atoms with Gasteiger partial charge in [-0.2, -0.15) is 13.2 Å². The maximum atomic E-state index is 14.2. The number of rotatable bonds is 13. The molecule has 0 aromatic heterocycles. The van der Waals surface area contributed by atoms with Gasteiger partial charge in [-0.15, -0.1) is 0 Å². The Morgan fingerprint density at radius 3 is 2.46 bits per heavy atom. The third kappa shape index (κ3) is 7.63. The molecule has 46 heavy (non-hydrogen) atoms. The van der Waals surface area contributed by atoms with Crippen LogP contribution in [0.2, 0.25) is 0 Å². The smallest absolute Gasteiger partial charge is 0.417 e. The summed E-state index contributed by atoms with van der Waals surface area (Å²) < 4.78 is 100. The zero-order chi connectivity index (χ0) is 32.9. The number of imidazole rings is 1. The molecular weight excluding hydrogens is 628 g/mol. The highest BCUT2D eigenvalue weighted by Gasteiger charge is 2.34. The van der Waals surface area contributed by atoms with Crippen LogP contribution in [0.4, 0.5) is 22.0 Å². The van der Waals surface area contributed by atoms with Crippen molar-refractivity contribution in [2.75, 3.05) is 19.4 Å². The molecule has 3 aromatic rings. The highest BCUT2D eigenvalue weighted by atomic mass is 31.2. The molecule has 0 fully saturated rings. The van der Waals surface area contributed by atoms with Crippen molar-refractivity contribution < 1.29 is 40.3 Å².